The number of methoxy groups -OCH3 is 1. The standard InChI is InChI=1S/C15H18N2O3/c1-20-12-5-3-2-4-11(12)14(19)17-7-6-15(10-17)8-13(18)16-9-15/h2-5H,6-10H2,1H3,(H,16,18). The molecular formula is C15H18N2O3. The molecule has 0 bridgehead atoms. The van der Waals surface area contributed by atoms with Crippen LogP contribution in [0.2, 0.25) is 0 Å². The number of carbonyl (C=O) groups excluding carboxylic acids is 2. The molecule has 2 fully saturated rings. The average Bonchev–Trinajstić information content (AvgIpc) is 3.05. The summed E-state index contributed by atoms with van der Waals surface area (Å²) in [6.45, 7) is 2.02. The smallest absolute Gasteiger partial charge is 0.257 e. The lowest BCUT2D eigenvalue weighted by Gasteiger charge is -2.22. The minimum Gasteiger partial charge on any atom is -0.496 e. The second-order valence-corrected chi connectivity index (χ2v) is 5.63. The monoisotopic (exact) mass is 274 g/mol. The molecule has 1 aromatic carbocycles. The van der Waals surface area contributed by atoms with Crippen molar-refractivity contribution >= 4 is 11.8 Å². The lowest BCUT2D eigenvalue weighted by Crippen LogP contribution is -2.33. The highest BCUT2D eigenvalue weighted by Gasteiger charge is 2.45. The van der Waals surface area contributed by atoms with Gasteiger partial charge in [-0.05, 0) is 18.6 Å². The number of ether oxygens (including phenoxy) is 1. The summed E-state index contributed by atoms with van der Waals surface area (Å²) in [5.74, 6) is 0.675. The molecule has 2 saturated heterocycles. The largest absolute Gasteiger partial charge is 0.496 e. The fourth-order valence-corrected chi connectivity index (χ4v) is 3.14. The predicted molar refractivity (Wildman–Crippen MR) is 73.6 cm³/mol. The summed E-state index contributed by atoms with van der Waals surface area (Å²) in [6, 6.07) is 7.26. The predicted octanol–water partition coefficient (Wildman–Crippen LogP) is 1.05. The fourth-order valence-electron chi connectivity index (χ4n) is 3.14. The number of nitrogens with one attached hydrogen (secondary N) is 1. The zero-order chi connectivity index (χ0) is 14.2. The van der Waals surface area contributed by atoms with E-state index in [9.17, 15) is 9.59 Å². The van der Waals surface area contributed by atoms with E-state index in [-0.39, 0.29) is 17.2 Å². The van der Waals surface area contributed by atoms with E-state index in [1.807, 2.05) is 17.0 Å². The highest BCUT2D eigenvalue weighted by Crippen LogP contribution is 2.37. The SMILES string of the molecule is COc1ccccc1C(=O)N1CCC2(CNC(=O)C2)C1. The minimum absolute atomic E-state index is 0.0151. The van der Waals surface area contributed by atoms with Crippen molar-refractivity contribution in [3.05, 3.63) is 29.8 Å². The third kappa shape index (κ3) is 2.13. The first kappa shape index (κ1) is 13.0. The van der Waals surface area contributed by atoms with E-state index in [1.165, 1.54) is 0 Å². The molecule has 2 heterocycles. The van der Waals surface area contributed by atoms with Crippen LogP contribution in [0.4, 0.5) is 0 Å². The number of nitrogens with zero attached hydrogens (tertiary/aromatic N) is 1. The summed E-state index contributed by atoms with van der Waals surface area (Å²) in [5, 5.41) is 2.87. The summed E-state index contributed by atoms with van der Waals surface area (Å²) in [5.41, 5.74) is 0.527. The van der Waals surface area contributed by atoms with E-state index >= 15 is 0 Å². The van der Waals surface area contributed by atoms with Crippen molar-refractivity contribution in [2.75, 3.05) is 26.7 Å². The summed E-state index contributed by atoms with van der Waals surface area (Å²) in [6.07, 6.45) is 1.41. The lowest BCUT2D eigenvalue weighted by molar-refractivity contribution is -0.119. The van der Waals surface area contributed by atoms with Gasteiger partial charge in [0.05, 0.1) is 12.7 Å². The van der Waals surface area contributed by atoms with Crippen LogP contribution in [-0.4, -0.2) is 43.5 Å². The molecule has 1 spiro atoms. The Bertz CT molecular complexity index is 558. The van der Waals surface area contributed by atoms with Gasteiger partial charge in [0, 0.05) is 31.5 Å². The van der Waals surface area contributed by atoms with E-state index in [2.05, 4.69) is 5.32 Å². The van der Waals surface area contributed by atoms with E-state index in [0.29, 0.717) is 37.4 Å². The third-order valence-electron chi connectivity index (χ3n) is 4.26. The van der Waals surface area contributed by atoms with Crippen LogP contribution >= 0.6 is 0 Å². The molecule has 1 atom stereocenters. The van der Waals surface area contributed by atoms with Crippen molar-refractivity contribution < 1.29 is 14.3 Å². The van der Waals surface area contributed by atoms with Crippen molar-refractivity contribution in [3.63, 3.8) is 0 Å². The van der Waals surface area contributed by atoms with Crippen molar-refractivity contribution in [2.45, 2.75) is 12.8 Å². The summed E-state index contributed by atoms with van der Waals surface area (Å²) in [7, 11) is 1.57. The van der Waals surface area contributed by atoms with Crippen molar-refractivity contribution in [2.24, 2.45) is 5.41 Å². The first-order valence-electron chi connectivity index (χ1n) is 6.83. The quantitative estimate of drug-likeness (QED) is 0.877. The van der Waals surface area contributed by atoms with Gasteiger partial charge in [0.25, 0.3) is 5.91 Å². The molecule has 5 heteroatoms. The highest BCUT2D eigenvalue weighted by molar-refractivity contribution is 5.97. The van der Waals surface area contributed by atoms with Gasteiger partial charge in [-0.2, -0.15) is 0 Å². The van der Waals surface area contributed by atoms with Crippen LogP contribution in [0, 0.1) is 5.41 Å². The summed E-state index contributed by atoms with van der Waals surface area (Å²) in [4.78, 5) is 25.8. The summed E-state index contributed by atoms with van der Waals surface area (Å²) >= 11 is 0. The van der Waals surface area contributed by atoms with Gasteiger partial charge >= 0.3 is 0 Å². The molecular weight excluding hydrogens is 256 g/mol. The number of para-hydroxylation sites is 1. The van der Waals surface area contributed by atoms with Crippen LogP contribution in [0.1, 0.15) is 23.2 Å². The van der Waals surface area contributed by atoms with Crippen molar-refractivity contribution in [1.29, 1.82) is 0 Å². The lowest BCUT2D eigenvalue weighted by atomic mass is 9.86. The van der Waals surface area contributed by atoms with Crippen molar-refractivity contribution in [3.8, 4) is 5.75 Å². The molecule has 0 saturated carbocycles. The fraction of sp³-hybridized carbons (Fsp3) is 0.467. The van der Waals surface area contributed by atoms with Crippen LogP contribution in [0.3, 0.4) is 0 Å². The van der Waals surface area contributed by atoms with Gasteiger partial charge in [-0.1, -0.05) is 12.1 Å². The van der Waals surface area contributed by atoms with Crippen LogP contribution in [0.25, 0.3) is 0 Å². The molecule has 1 N–H and O–H groups in total. The Morgan fingerprint density at radius 1 is 1.40 bits per heavy atom. The molecule has 1 aromatic rings. The zero-order valence-corrected chi connectivity index (χ0v) is 11.5. The Hall–Kier alpha value is -2.04. The number of hydrogen-bond donors (Lipinski definition) is 1. The Morgan fingerprint density at radius 2 is 2.20 bits per heavy atom. The second kappa shape index (κ2) is 4.81. The zero-order valence-electron chi connectivity index (χ0n) is 11.5. The molecule has 0 radical (unpaired) electrons. The van der Waals surface area contributed by atoms with E-state index in [4.69, 9.17) is 4.74 Å². The van der Waals surface area contributed by atoms with Gasteiger partial charge in [0.2, 0.25) is 5.91 Å². The van der Waals surface area contributed by atoms with Gasteiger partial charge in [-0.3, -0.25) is 9.59 Å². The first-order valence-corrected chi connectivity index (χ1v) is 6.83. The van der Waals surface area contributed by atoms with Gasteiger partial charge in [-0.15, -0.1) is 0 Å². The normalized spacial score (nSPS) is 25.1. The van der Waals surface area contributed by atoms with Crippen LogP contribution in [0.5, 0.6) is 5.75 Å². The number of amides is 2. The molecule has 5 nitrogen and oxygen atoms in total. The first-order chi connectivity index (χ1) is 9.63. The van der Waals surface area contributed by atoms with Crippen LogP contribution < -0.4 is 10.1 Å². The molecule has 1 unspecified atom stereocenters. The van der Waals surface area contributed by atoms with Crippen molar-refractivity contribution in [1.82, 2.24) is 10.2 Å². The summed E-state index contributed by atoms with van der Waals surface area (Å²) < 4.78 is 5.25. The Labute approximate surface area is 117 Å². The van der Waals surface area contributed by atoms with Gasteiger partial charge < -0.3 is 15.0 Å². The van der Waals surface area contributed by atoms with Gasteiger partial charge in [0.15, 0.2) is 0 Å². The maximum Gasteiger partial charge on any atom is 0.257 e. The number of rotatable bonds is 2. The van der Waals surface area contributed by atoms with Crippen LogP contribution in [0.15, 0.2) is 24.3 Å². The third-order valence-corrected chi connectivity index (χ3v) is 4.26. The number of benzene rings is 1. The van der Waals surface area contributed by atoms with E-state index < -0.39 is 0 Å². The van der Waals surface area contributed by atoms with Gasteiger partial charge in [-0.25, -0.2) is 0 Å². The molecule has 20 heavy (non-hydrogen) atoms. The average molecular weight is 274 g/mol. The Balaban J connectivity index is 1.78. The highest BCUT2D eigenvalue weighted by atomic mass is 16.5. The molecule has 0 aliphatic carbocycles. The van der Waals surface area contributed by atoms with E-state index in [0.717, 1.165) is 6.42 Å². The maximum absolute atomic E-state index is 12.6. The van der Waals surface area contributed by atoms with Crippen LogP contribution in [-0.2, 0) is 4.79 Å². The minimum atomic E-state index is -0.0608. The number of likely N-dealkylation sites (tertiary alicyclic amines) is 1. The number of carbonyl (C=O) groups is 2. The maximum atomic E-state index is 12.6. The Kier molecular flexibility index (Phi) is 3.12. The molecule has 0 aromatic heterocycles. The molecule has 2 aliphatic rings. The molecule has 106 valence electrons. The topological polar surface area (TPSA) is 58.6 Å². The second-order valence-electron chi connectivity index (χ2n) is 5.63. The molecule has 2 amide bonds. The molecule has 2 aliphatic heterocycles. The Morgan fingerprint density at radius 3 is 2.90 bits per heavy atom. The van der Waals surface area contributed by atoms with Gasteiger partial charge in [0.1, 0.15) is 5.75 Å². The molecule has 3 rings (SSSR count). The number of hydrogen-bond acceptors (Lipinski definition) is 3. The van der Waals surface area contributed by atoms with E-state index in [1.54, 1.807) is 19.2 Å².